The molecule has 0 fully saturated rings. The lowest BCUT2D eigenvalue weighted by Gasteiger charge is -2.07. The number of ketones is 1. The van der Waals surface area contributed by atoms with Crippen molar-refractivity contribution in [1.82, 2.24) is 9.55 Å². The maximum absolute atomic E-state index is 12.9. The fourth-order valence-electron chi connectivity index (χ4n) is 3.93. The Kier molecular flexibility index (Phi) is 5.59. The van der Waals surface area contributed by atoms with Crippen LogP contribution in [0.2, 0.25) is 5.02 Å². The van der Waals surface area contributed by atoms with Gasteiger partial charge in [-0.05, 0) is 48.5 Å². The van der Waals surface area contributed by atoms with Crippen LogP contribution < -0.4 is 9.88 Å². The number of anilines is 1. The molecule has 7 heteroatoms. The molecule has 6 nitrogen and oxygen atoms in total. The number of amides is 1. The molecule has 1 amide bonds. The third-order valence-corrected chi connectivity index (χ3v) is 5.73. The standard InChI is InChI=1S/C26H19ClN4O2/c27-20-12-10-18(11-13-20)24(32)15-30-17-31(23-9-2-1-8-22(23)30)16-25(33)29-21-7-3-5-19-6-4-14-28-26(19)21/h1-14,17H,15-16H2/p+1. The van der Waals surface area contributed by atoms with E-state index in [2.05, 4.69) is 10.3 Å². The van der Waals surface area contributed by atoms with Gasteiger partial charge in [-0.15, -0.1) is 0 Å². The van der Waals surface area contributed by atoms with Gasteiger partial charge in [0.25, 0.3) is 5.91 Å². The quantitative estimate of drug-likeness (QED) is 0.299. The number of carbonyl (C=O) groups is 2. The average molecular weight is 456 g/mol. The summed E-state index contributed by atoms with van der Waals surface area (Å²) in [7, 11) is 0. The van der Waals surface area contributed by atoms with Crippen molar-refractivity contribution in [2.45, 2.75) is 13.1 Å². The molecule has 162 valence electrons. The topological polar surface area (TPSA) is 67.9 Å². The van der Waals surface area contributed by atoms with Crippen molar-refractivity contribution in [3.8, 4) is 0 Å². The largest absolute Gasteiger partial charge is 0.321 e. The molecule has 0 spiro atoms. The van der Waals surface area contributed by atoms with Crippen molar-refractivity contribution in [3.05, 3.63) is 102 Å². The molecule has 0 saturated carbocycles. The van der Waals surface area contributed by atoms with Crippen molar-refractivity contribution in [1.29, 1.82) is 0 Å². The molecule has 0 radical (unpaired) electrons. The molecule has 0 saturated heterocycles. The van der Waals surface area contributed by atoms with Crippen LogP contribution in [-0.2, 0) is 17.9 Å². The van der Waals surface area contributed by atoms with E-state index in [0.29, 0.717) is 16.3 Å². The summed E-state index contributed by atoms with van der Waals surface area (Å²) >= 11 is 5.93. The van der Waals surface area contributed by atoms with E-state index in [1.165, 1.54) is 0 Å². The molecule has 0 bridgehead atoms. The highest BCUT2D eigenvalue weighted by Gasteiger charge is 2.20. The number of nitrogens with zero attached hydrogens (tertiary/aromatic N) is 3. The molecule has 0 aliphatic rings. The van der Waals surface area contributed by atoms with Crippen LogP contribution in [-0.4, -0.2) is 21.2 Å². The second-order valence-electron chi connectivity index (χ2n) is 7.72. The van der Waals surface area contributed by atoms with E-state index in [1.54, 1.807) is 36.8 Å². The Balaban J connectivity index is 1.40. The first-order chi connectivity index (χ1) is 16.1. The smallest absolute Gasteiger partial charge is 0.266 e. The van der Waals surface area contributed by atoms with Gasteiger partial charge in [-0.25, -0.2) is 9.13 Å². The summed E-state index contributed by atoms with van der Waals surface area (Å²) in [5, 5.41) is 4.51. The van der Waals surface area contributed by atoms with Crippen LogP contribution in [0.5, 0.6) is 0 Å². The zero-order chi connectivity index (χ0) is 22.8. The van der Waals surface area contributed by atoms with Crippen molar-refractivity contribution >= 4 is 50.9 Å². The predicted octanol–water partition coefficient (Wildman–Crippen LogP) is 4.65. The molecule has 5 rings (SSSR count). The normalized spacial score (nSPS) is 11.1. The van der Waals surface area contributed by atoms with E-state index in [9.17, 15) is 9.59 Å². The predicted molar refractivity (Wildman–Crippen MR) is 128 cm³/mol. The second-order valence-corrected chi connectivity index (χ2v) is 8.16. The second kappa shape index (κ2) is 8.84. The van der Waals surface area contributed by atoms with Crippen molar-refractivity contribution in [2.75, 3.05) is 5.32 Å². The third-order valence-electron chi connectivity index (χ3n) is 5.48. The van der Waals surface area contributed by atoms with E-state index in [0.717, 1.165) is 21.9 Å². The summed E-state index contributed by atoms with van der Waals surface area (Å²) in [5.74, 6) is -0.212. The lowest BCUT2D eigenvalue weighted by molar-refractivity contribution is -0.657. The van der Waals surface area contributed by atoms with E-state index < -0.39 is 0 Å². The lowest BCUT2D eigenvalue weighted by atomic mass is 10.1. The minimum atomic E-state index is -0.176. The molecule has 3 aromatic carbocycles. The number of carbonyl (C=O) groups excluding carboxylic acids is 2. The molecule has 2 heterocycles. The van der Waals surface area contributed by atoms with E-state index in [-0.39, 0.29) is 24.8 Å². The van der Waals surface area contributed by atoms with Crippen molar-refractivity contribution in [2.24, 2.45) is 0 Å². The Bertz CT molecular complexity index is 1490. The molecular weight excluding hydrogens is 436 g/mol. The number of fused-ring (bicyclic) bond motifs is 2. The number of nitrogens with one attached hydrogen (secondary N) is 1. The number of Topliss-reactive ketones (excluding diaryl/α,β-unsaturated/α-hetero) is 1. The van der Waals surface area contributed by atoms with Gasteiger partial charge in [0.1, 0.15) is 0 Å². The van der Waals surface area contributed by atoms with Crippen LogP contribution in [0.15, 0.2) is 91.4 Å². The van der Waals surface area contributed by atoms with Crippen LogP contribution in [0.4, 0.5) is 5.69 Å². The summed E-state index contributed by atoms with van der Waals surface area (Å²) in [6.45, 7) is 0.260. The van der Waals surface area contributed by atoms with Gasteiger partial charge >= 0.3 is 0 Å². The Labute approximate surface area is 195 Å². The maximum Gasteiger partial charge on any atom is 0.266 e. The summed E-state index contributed by atoms with van der Waals surface area (Å²) < 4.78 is 3.71. The zero-order valence-corrected chi connectivity index (χ0v) is 18.4. The SMILES string of the molecule is O=C(Cn1c[n+](CC(=O)c2ccc(Cl)cc2)c2ccccc21)Nc1cccc2cccnc12. The van der Waals surface area contributed by atoms with E-state index >= 15 is 0 Å². The van der Waals surface area contributed by atoms with E-state index in [4.69, 9.17) is 11.6 Å². The summed E-state index contributed by atoms with van der Waals surface area (Å²) in [4.78, 5) is 30.1. The van der Waals surface area contributed by atoms with Gasteiger partial charge in [-0.2, -0.15) is 0 Å². The van der Waals surface area contributed by atoms with Crippen molar-refractivity contribution < 1.29 is 14.2 Å². The number of benzene rings is 3. The number of pyridine rings is 1. The van der Waals surface area contributed by atoms with Crippen LogP contribution >= 0.6 is 11.6 Å². The molecule has 0 unspecified atom stereocenters. The number of hydrogen-bond donors (Lipinski definition) is 1. The Hall–Kier alpha value is -4.03. The van der Waals surface area contributed by atoms with Crippen LogP contribution in [0.25, 0.3) is 21.9 Å². The van der Waals surface area contributed by atoms with Gasteiger partial charge in [0, 0.05) is 22.2 Å². The maximum atomic E-state index is 12.9. The van der Waals surface area contributed by atoms with Crippen molar-refractivity contribution in [3.63, 3.8) is 0 Å². The van der Waals surface area contributed by atoms with Gasteiger partial charge in [-0.1, -0.05) is 41.9 Å². The first kappa shape index (κ1) is 20.8. The minimum absolute atomic E-state index is 0.0362. The molecular formula is C26H20ClN4O2+. The van der Waals surface area contributed by atoms with Gasteiger partial charge in [-0.3, -0.25) is 14.6 Å². The highest BCUT2D eigenvalue weighted by atomic mass is 35.5. The Morgan fingerprint density at radius 2 is 1.73 bits per heavy atom. The fourth-order valence-corrected chi connectivity index (χ4v) is 4.05. The molecule has 0 aliphatic carbocycles. The molecule has 1 N–H and O–H groups in total. The van der Waals surface area contributed by atoms with Gasteiger partial charge in [0.15, 0.2) is 24.1 Å². The molecule has 33 heavy (non-hydrogen) atoms. The van der Waals surface area contributed by atoms with Crippen LogP contribution in [0.3, 0.4) is 0 Å². The number of para-hydroxylation sites is 3. The van der Waals surface area contributed by atoms with Gasteiger partial charge in [0.2, 0.25) is 12.1 Å². The fraction of sp³-hybridized carbons (Fsp3) is 0.0769. The molecule has 0 atom stereocenters. The Morgan fingerprint density at radius 3 is 2.58 bits per heavy atom. The van der Waals surface area contributed by atoms with Crippen LogP contribution in [0, 0.1) is 0 Å². The van der Waals surface area contributed by atoms with Crippen LogP contribution in [0.1, 0.15) is 10.4 Å². The summed E-state index contributed by atoms with van der Waals surface area (Å²) in [5.41, 5.74) is 3.74. The number of imidazole rings is 1. The first-order valence-electron chi connectivity index (χ1n) is 10.5. The summed E-state index contributed by atoms with van der Waals surface area (Å²) in [6, 6.07) is 24.1. The number of halogens is 1. The molecule has 0 aliphatic heterocycles. The third kappa shape index (κ3) is 4.33. The van der Waals surface area contributed by atoms with E-state index in [1.807, 2.05) is 63.7 Å². The first-order valence-corrected chi connectivity index (χ1v) is 10.9. The Morgan fingerprint density at radius 1 is 0.939 bits per heavy atom. The lowest BCUT2D eigenvalue weighted by Crippen LogP contribution is -2.37. The van der Waals surface area contributed by atoms with Gasteiger partial charge < -0.3 is 5.32 Å². The molecule has 5 aromatic rings. The average Bonchev–Trinajstić information content (AvgIpc) is 3.16. The highest BCUT2D eigenvalue weighted by molar-refractivity contribution is 6.30. The summed E-state index contributed by atoms with van der Waals surface area (Å²) in [6.07, 6.45) is 3.51. The zero-order valence-electron chi connectivity index (χ0n) is 17.6. The van der Waals surface area contributed by atoms with Gasteiger partial charge in [0.05, 0.1) is 11.2 Å². The molecule has 2 aromatic heterocycles. The number of hydrogen-bond acceptors (Lipinski definition) is 3. The minimum Gasteiger partial charge on any atom is -0.321 e. The number of aromatic nitrogens is 3. The number of rotatable bonds is 6. The highest BCUT2D eigenvalue weighted by Crippen LogP contribution is 2.21. The monoisotopic (exact) mass is 455 g/mol.